The van der Waals surface area contributed by atoms with Crippen molar-refractivity contribution < 1.29 is 38.1 Å². The van der Waals surface area contributed by atoms with Crippen LogP contribution in [0.5, 0.6) is 0 Å². The van der Waals surface area contributed by atoms with Crippen LogP contribution in [0.3, 0.4) is 0 Å². The first kappa shape index (κ1) is 27.2. The Morgan fingerprint density at radius 2 is 1.62 bits per heavy atom. The largest absolute Gasteiger partial charge is 0.465 e. The zero-order valence-corrected chi connectivity index (χ0v) is 18.9. The lowest BCUT2D eigenvalue weighted by Gasteiger charge is -2.45. The van der Waals surface area contributed by atoms with Crippen LogP contribution in [-0.2, 0) is 38.1 Å². The highest BCUT2D eigenvalue weighted by Gasteiger charge is 2.50. The number of carbonyl (C=O) groups is 4. The molecular formula is C20H32N4O8. The number of nitrogens with zero attached hydrogens (tertiary/aromatic N) is 3. The standard InChI is InChI=1S/C20H32N4O8/c1-12(25)23-18-17(29-9-7-5-6-8-22-24-21)10-16(11-30-13(2)26)19(31-14(3)27)20(18)32-15(4)28/h16-20H,5-11H2,1-4H3,(H,23,25)/t16-,17-,18+,19+,20-/m1/s1. The predicted molar refractivity (Wildman–Crippen MR) is 111 cm³/mol. The van der Waals surface area contributed by atoms with Crippen LogP contribution in [0, 0.1) is 5.92 Å². The van der Waals surface area contributed by atoms with E-state index >= 15 is 0 Å². The minimum absolute atomic E-state index is 0.0656. The molecule has 1 rings (SSSR count). The van der Waals surface area contributed by atoms with E-state index in [2.05, 4.69) is 15.3 Å². The second-order valence-electron chi connectivity index (χ2n) is 7.60. The second kappa shape index (κ2) is 14.3. The molecule has 12 heteroatoms. The maximum absolute atomic E-state index is 11.9. The topological polar surface area (TPSA) is 166 Å². The van der Waals surface area contributed by atoms with E-state index in [1.165, 1.54) is 27.7 Å². The van der Waals surface area contributed by atoms with Crippen molar-refractivity contribution in [2.75, 3.05) is 19.8 Å². The van der Waals surface area contributed by atoms with Crippen LogP contribution >= 0.6 is 0 Å². The molecule has 0 unspecified atom stereocenters. The van der Waals surface area contributed by atoms with Gasteiger partial charge in [-0.2, -0.15) is 0 Å². The summed E-state index contributed by atoms with van der Waals surface area (Å²) >= 11 is 0. The number of amides is 1. The smallest absolute Gasteiger partial charge is 0.303 e. The summed E-state index contributed by atoms with van der Waals surface area (Å²) in [6.07, 6.45) is -0.0606. The minimum atomic E-state index is -1.02. The fourth-order valence-electron chi connectivity index (χ4n) is 3.66. The Kier molecular flexibility index (Phi) is 12.1. The highest BCUT2D eigenvalue weighted by atomic mass is 16.6. The number of carbonyl (C=O) groups excluding carboxylic acids is 4. The SMILES string of the molecule is CC(=O)N[C@@H]1[C@@H](OC(C)=O)[C@@H](OC(C)=O)[C@@H](COC(C)=O)C[C@H]1OCCCCCN=[N+]=[N-]. The Balaban J connectivity index is 3.05. The zero-order chi connectivity index (χ0) is 24.1. The molecule has 12 nitrogen and oxygen atoms in total. The van der Waals surface area contributed by atoms with Gasteiger partial charge >= 0.3 is 17.9 Å². The van der Waals surface area contributed by atoms with Crippen molar-refractivity contribution >= 4 is 23.8 Å². The number of azide groups is 1. The van der Waals surface area contributed by atoms with Gasteiger partial charge in [0.1, 0.15) is 6.10 Å². The molecule has 1 fully saturated rings. The summed E-state index contributed by atoms with van der Waals surface area (Å²) in [5.41, 5.74) is 8.31. The fourth-order valence-corrected chi connectivity index (χ4v) is 3.66. The molecule has 0 heterocycles. The van der Waals surface area contributed by atoms with Gasteiger partial charge in [-0.25, -0.2) is 0 Å². The fraction of sp³-hybridized carbons (Fsp3) is 0.800. The molecule has 0 aliphatic heterocycles. The van der Waals surface area contributed by atoms with Gasteiger partial charge in [0.25, 0.3) is 0 Å². The molecule has 0 aromatic carbocycles. The molecule has 0 aromatic heterocycles. The van der Waals surface area contributed by atoms with Crippen LogP contribution in [0.15, 0.2) is 5.11 Å². The van der Waals surface area contributed by atoms with Crippen LogP contribution < -0.4 is 5.32 Å². The van der Waals surface area contributed by atoms with E-state index < -0.39 is 48.2 Å². The Morgan fingerprint density at radius 1 is 0.969 bits per heavy atom. The lowest BCUT2D eigenvalue weighted by molar-refractivity contribution is -0.193. The van der Waals surface area contributed by atoms with Crippen LogP contribution in [0.2, 0.25) is 0 Å². The summed E-state index contributed by atoms with van der Waals surface area (Å²) < 4.78 is 22.0. The van der Waals surface area contributed by atoms with Gasteiger partial charge in [-0.05, 0) is 24.8 Å². The summed E-state index contributed by atoms with van der Waals surface area (Å²) in [6.45, 7) is 5.70. The van der Waals surface area contributed by atoms with Gasteiger partial charge in [-0.3, -0.25) is 19.2 Å². The molecule has 1 saturated carbocycles. The third kappa shape index (κ3) is 9.97. The Morgan fingerprint density at radius 3 is 2.19 bits per heavy atom. The van der Waals surface area contributed by atoms with Crippen LogP contribution in [-0.4, -0.2) is 67.9 Å². The number of hydrogen-bond donors (Lipinski definition) is 1. The number of ether oxygens (including phenoxy) is 4. The van der Waals surface area contributed by atoms with E-state index in [0.29, 0.717) is 32.4 Å². The summed E-state index contributed by atoms with van der Waals surface area (Å²) in [5.74, 6) is -2.59. The molecule has 5 atom stereocenters. The number of esters is 3. The molecule has 0 spiro atoms. The van der Waals surface area contributed by atoms with Gasteiger partial charge in [0.2, 0.25) is 5.91 Å². The van der Waals surface area contributed by atoms with Crippen molar-refractivity contribution in [1.82, 2.24) is 5.32 Å². The van der Waals surface area contributed by atoms with Gasteiger partial charge in [0.05, 0.1) is 18.8 Å². The lowest BCUT2D eigenvalue weighted by atomic mass is 9.79. The van der Waals surface area contributed by atoms with E-state index in [1.807, 2.05) is 0 Å². The van der Waals surface area contributed by atoms with Gasteiger partial charge in [-0.15, -0.1) is 0 Å². The molecule has 0 radical (unpaired) electrons. The molecule has 1 aliphatic rings. The lowest BCUT2D eigenvalue weighted by Crippen LogP contribution is -2.63. The van der Waals surface area contributed by atoms with E-state index in [4.69, 9.17) is 24.5 Å². The molecule has 1 amide bonds. The summed E-state index contributed by atoms with van der Waals surface area (Å²) in [4.78, 5) is 49.5. The predicted octanol–water partition coefficient (Wildman–Crippen LogP) is 1.80. The molecule has 0 bridgehead atoms. The number of hydrogen-bond acceptors (Lipinski definition) is 9. The number of nitrogens with one attached hydrogen (secondary N) is 1. The first-order valence-corrected chi connectivity index (χ1v) is 10.5. The van der Waals surface area contributed by atoms with E-state index in [1.54, 1.807) is 0 Å². The molecule has 32 heavy (non-hydrogen) atoms. The van der Waals surface area contributed by atoms with Crippen molar-refractivity contribution in [2.45, 2.75) is 77.7 Å². The molecular weight excluding hydrogens is 424 g/mol. The van der Waals surface area contributed by atoms with Gasteiger partial charge in [-0.1, -0.05) is 11.5 Å². The maximum atomic E-state index is 11.9. The van der Waals surface area contributed by atoms with Crippen molar-refractivity contribution in [1.29, 1.82) is 0 Å². The molecule has 1 N–H and O–H groups in total. The summed E-state index contributed by atoms with van der Waals surface area (Å²) in [5, 5.41) is 6.23. The number of unbranched alkanes of at least 4 members (excludes halogenated alkanes) is 2. The summed E-state index contributed by atoms with van der Waals surface area (Å²) in [7, 11) is 0. The Bertz CT molecular complexity index is 710. The molecule has 180 valence electrons. The van der Waals surface area contributed by atoms with Crippen molar-refractivity contribution in [2.24, 2.45) is 11.0 Å². The minimum Gasteiger partial charge on any atom is -0.465 e. The Labute approximate surface area is 186 Å². The van der Waals surface area contributed by atoms with E-state index in [9.17, 15) is 19.2 Å². The second-order valence-corrected chi connectivity index (χ2v) is 7.60. The third-order valence-corrected chi connectivity index (χ3v) is 4.85. The normalized spacial score (nSPS) is 24.6. The Hall–Kier alpha value is -2.85. The third-order valence-electron chi connectivity index (χ3n) is 4.85. The van der Waals surface area contributed by atoms with Gasteiger partial charge in [0.15, 0.2) is 6.10 Å². The number of rotatable bonds is 12. The maximum Gasteiger partial charge on any atom is 0.303 e. The van der Waals surface area contributed by atoms with Crippen LogP contribution in [0.25, 0.3) is 10.4 Å². The monoisotopic (exact) mass is 456 g/mol. The van der Waals surface area contributed by atoms with Crippen molar-refractivity contribution in [3.63, 3.8) is 0 Å². The van der Waals surface area contributed by atoms with Crippen LogP contribution in [0.4, 0.5) is 0 Å². The molecule has 1 aliphatic carbocycles. The van der Waals surface area contributed by atoms with Crippen LogP contribution in [0.1, 0.15) is 53.4 Å². The van der Waals surface area contributed by atoms with Gasteiger partial charge < -0.3 is 24.3 Å². The molecule has 0 saturated heterocycles. The average molecular weight is 456 g/mol. The van der Waals surface area contributed by atoms with E-state index in [-0.39, 0.29) is 12.5 Å². The highest BCUT2D eigenvalue weighted by molar-refractivity contribution is 5.73. The summed E-state index contributed by atoms with van der Waals surface area (Å²) in [6, 6.07) is -0.766. The first-order chi connectivity index (χ1) is 15.1. The van der Waals surface area contributed by atoms with Crippen molar-refractivity contribution in [3.8, 4) is 0 Å². The zero-order valence-electron chi connectivity index (χ0n) is 18.9. The average Bonchev–Trinajstić information content (AvgIpc) is 2.68. The van der Waals surface area contributed by atoms with Gasteiger partial charge in [0, 0.05) is 51.7 Å². The quantitative estimate of drug-likeness (QED) is 0.116. The first-order valence-electron chi connectivity index (χ1n) is 10.5. The highest BCUT2D eigenvalue weighted by Crippen LogP contribution is 2.33. The van der Waals surface area contributed by atoms with Crippen molar-refractivity contribution in [3.05, 3.63) is 10.4 Å². The molecule has 0 aromatic rings. The van der Waals surface area contributed by atoms with E-state index in [0.717, 1.165) is 6.42 Å².